The molecule has 0 saturated heterocycles. The predicted octanol–water partition coefficient (Wildman–Crippen LogP) is 1.35. The first-order chi connectivity index (χ1) is 10.0. The van der Waals surface area contributed by atoms with Crippen LogP contribution in [0.2, 0.25) is 0 Å². The number of aryl methyl sites for hydroxylation is 1. The zero-order valence-electron chi connectivity index (χ0n) is 11.9. The van der Waals surface area contributed by atoms with Crippen molar-refractivity contribution in [3.63, 3.8) is 0 Å². The Morgan fingerprint density at radius 3 is 2.43 bits per heavy atom. The molecule has 0 unspecified atom stereocenters. The van der Waals surface area contributed by atoms with Crippen molar-refractivity contribution in [1.82, 2.24) is 10.2 Å². The number of carbonyl (C=O) groups excluding carboxylic acids is 1. The molecule has 2 N–H and O–H groups in total. The number of benzene rings is 1. The fourth-order valence-corrected chi connectivity index (χ4v) is 1.77. The van der Waals surface area contributed by atoms with Crippen molar-refractivity contribution in [3.8, 4) is 11.5 Å². The number of aromatic amines is 1. The fraction of sp³-hybridized carbons (Fsp3) is 0.214. The Balaban J connectivity index is 2.28. The molecule has 0 spiro atoms. The van der Waals surface area contributed by atoms with E-state index in [-0.39, 0.29) is 11.3 Å². The zero-order valence-corrected chi connectivity index (χ0v) is 11.9. The Hall–Kier alpha value is -2.83. The van der Waals surface area contributed by atoms with Crippen LogP contribution in [0.4, 0.5) is 5.69 Å². The number of nitrogens with zero attached hydrogens (tertiary/aromatic N) is 1. The summed E-state index contributed by atoms with van der Waals surface area (Å²) >= 11 is 0. The number of hydrogen-bond donors (Lipinski definition) is 2. The number of carbonyl (C=O) groups is 1. The third-order valence-electron chi connectivity index (χ3n) is 2.89. The monoisotopic (exact) mass is 289 g/mol. The van der Waals surface area contributed by atoms with E-state index < -0.39 is 5.91 Å². The van der Waals surface area contributed by atoms with Crippen molar-refractivity contribution in [1.29, 1.82) is 0 Å². The van der Waals surface area contributed by atoms with Crippen LogP contribution in [0.1, 0.15) is 16.1 Å². The quantitative estimate of drug-likeness (QED) is 0.886. The van der Waals surface area contributed by atoms with Gasteiger partial charge in [0.1, 0.15) is 5.69 Å². The lowest BCUT2D eigenvalue weighted by Crippen LogP contribution is -2.18. The maximum Gasteiger partial charge on any atom is 0.276 e. The van der Waals surface area contributed by atoms with Crippen LogP contribution in [0, 0.1) is 6.92 Å². The third-order valence-corrected chi connectivity index (χ3v) is 2.89. The van der Waals surface area contributed by atoms with E-state index in [9.17, 15) is 9.59 Å². The fourth-order valence-electron chi connectivity index (χ4n) is 1.77. The van der Waals surface area contributed by atoms with Crippen molar-refractivity contribution in [2.75, 3.05) is 19.5 Å². The zero-order chi connectivity index (χ0) is 15.4. The number of rotatable bonds is 4. The van der Waals surface area contributed by atoms with Crippen molar-refractivity contribution >= 4 is 11.6 Å². The van der Waals surface area contributed by atoms with E-state index in [0.29, 0.717) is 17.2 Å². The summed E-state index contributed by atoms with van der Waals surface area (Å²) in [4.78, 5) is 23.0. The summed E-state index contributed by atoms with van der Waals surface area (Å²) in [6.07, 6.45) is 0. The minimum Gasteiger partial charge on any atom is -0.493 e. The molecule has 21 heavy (non-hydrogen) atoms. The lowest BCUT2D eigenvalue weighted by atomic mass is 10.1. The SMILES string of the molecule is COc1cc(C)c(NC(=O)c2ccc(=O)[nH]n2)cc1OC. The molecule has 1 heterocycles. The second kappa shape index (κ2) is 6.08. The summed E-state index contributed by atoms with van der Waals surface area (Å²) in [6, 6.07) is 6.01. The number of anilines is 1. The molecule has 0 aliphatic carbocycles. The molecule has 2 rings (SSSR count). The molecule has 0 atom stereocenters. The number of amides is 1. The average molecular weight is 289 g/mol. The van der Waals surface area contributed by atoms with E-state index in [0.717, 1.165) is 5.56 Å². The second-order valence-corrected chi connectivity index (χ2v) is 4.28. The van der Waals surface area contributed by atoms with E-state index in [1.165, 1.54) is 19.2 Å². The molecule has 0 fully saturated rings. The number of methoxy groups -OCH3 is 2. The predicted molar refractivity (Wildman–Crippen MR) is 77.1 cm³/mol. The van der Waals surface area contributed by atoms with Gasteiger partial charge in [0.15, 0.2) is 11.5 Å². The van der Waals surface area contributed by atoms with Crippen molar-refractivity contribution < 1.29 is 14.3 Å². The lowest BCUT2D eigenvalue weighted by molar-refractivity contribution is 0.102. The molecular weight excluding hydrogens is 274 g/mol. The number of aromatic nitrogens is 2. The Bertz CT molecular complexity index is 704. The van der Waals surface area contributed by atoms with Gasteiger partial charge < -0.3 is 14.8 Å². The van der Waals surface area contributed by atoms with E-state index in [2.05, 4.69) is 15.5 Å². The number of hydrogen-bond acceptors (Lipinski definition) is 5. The highest BCUT2D eigenvalue weighted by atomic mass is 16.5. The maximum absolute atomic E-state index is 12.1. The molecule has 2 aromatic rings. The summed E-state index contributed by atoms with van der Waals surface area (Å²) in [7, 11) is 3.06. The highest BCUT2D eigenvalue weighted by Crippen LogP contribution is 2.32. The minimum atomic E-state index is -0.429. The highest BCUT2D eigenvalue weighted by Gasteiger charge is 2.13. The van der Waals surface area contributed by atoms with E-state index in [1.54, 1.807) is 19.2 Å². The van der Waals surface area contributed by atoms with Crippen LogP contribution in [-0.2, 0) is 0 Å². The summed E-state index contributed by atoms with van der Waals surface area (Å²) in [5.74, 6) is 0.657. The summed E-state index contributed by atoms with van der Waals surface area (Å²) in [6.45, 7) is 1.83. The first-order valence-corrected chi connectivity index (χ1v) is 6.15. The Morgan fingerprint density at radius 2 is 1.86 bits per heavy atom. The van der Waals surface area contributed by atoms with E-state index >= 15 is 0 Å². The maximum atomic E-state index is 12.1. The minimum absolute atomic E-state index is 0.115. The van der Waals surface area contributed by atoms with Crippen molar-refractivity contribution in [2.45, 2.75) is 6.92 Å². The van der Waals surface area contributed by atoms with Gasteiger partial charge in [-0.05, 0) is 24.6 Å². The van der Waals surface area contributed by atoms with Crippen LogP contribution < -0.4 is 20.3 Å². The molecule has 1 amide bonds. The van der Waals surface area contributed by atoms with Crippen LogP contribution in [0.15, 0.2) is 29.1 Å². The van der Waals surface area contributed by atoms with Gasteiger partial charge in [0, 0.05) is 17.8 Å². The van der Waals surface area contributed by atoms with E-state index in [4.69, 9.17) is 9.47 Å². The molecule has 0 aliphatic rings. The van der Waals surface area contributed by atoms with Gasteiger partial charge in [0.05, 0.1) is 14.2 Å². The van der Waals surface area contributed by atoms with Gasteiger partial charge in [-0.3, -0.25) is 9.59 Å². The molecule has 0 bridgehead atoms. The van der Waals surface area contributed by atoms with Crippen LogP contribution in [-0.4, -0.2) is 30.3 Å². The molecule has 0 aliphatic heterocycles. The van der Waals surface area contributed by atoms with Gasteiger partial charge >= 0.3 is 0 Å². The van der Waals surface area contributed by atoms with Crippen LogP contribution >= 0.6 is 0 Å². The third kappa shape index (κ3) is 3.19. The Labute approximate surface area is 120 Å². The second-order valence-electron chi connectivity index (χ2n) is 4.28. The molecule has 0 radical (unpaired) electrons. The normalized spacial score (nSPS) is 10.0. The summed E-state index contributed by atoms with van der Waals surface area (Å²) in [5.41, 5.74) is 1.13. The standard InChI is InChI=1S/C14H15N3O4/c1-8-6-11(20-2)12(21-3)7-10(8)15-14(19)9-4-5-13(18)17-16-9/h4-7H,1-3H3,(H,15,19)(H,17,18). The molecule has 110 valence electrons. The molecule has 1 aromatic heterocycles. The van der Waals surface area contributed by atoms with Gasteiger partial charge in [-0.2, -0.15) is 5.10 Å². The van der Waals surface area contributed by atoms with Gasteiger partial charge in [0.2, 0.25) is 0 Å². The van der Waals surface area contributed by atoms with E-state index in [1.807, 2.05) is 6.92 Å². The Morgan fingerprint density at radius 1 is 1.19 bits per heavy atom. The van der Waals surface area contributed by atoms with Crippen molar-refractivity contribution in [3.05, 3.63) is 45.9 Å². The van der Waals surface area contributed by atoms with Crippen molar-refractivity contribution in [2.24, 2.45) is 0 Å². The van der Waals surface area contributed by atoms with Gasteiger partial charge in [0.25, 0.3) is 11.5 Å². The first-order valence-electron chi connectivity index (χ1n) is 6.15. The average Bonchev–Trinajstić information content (AvgIpc) is 2.49. The van der Waals surface area contributed by atoms with Crippen LogP contribution in [0.5, 0.6) is 11.5 Å². The first kappa shape index (κ1) is 14.6. The van der Waals surface area contributed by atoms with Crippen LogP contribution in [0.25, 0.3) is 0 Å². The number of ether oxygens (including phenoxy) is 2. The summed E-state index contributed by atoms with van der Waals surface area (Å²) in [5, 5.41) is 8.60. The van der Waals surface area contributed by atoms with Gasteiger partial charge in [-0.15, -0.1) is 0 Å². The molecule has 7 nitrogen and oxygen atoms in total. The lowest BCUT2D eigenvalue weighted by Gasteiger charge is -2.13. The Kier molecular flexibility index (Phi) is 4.22. The summed E-state index contributed by atoms with van der Waals surface area (Å²) < 4.78 is 10.4. The number of nitrogens with one attached hydrogen (secondary N) is 2. The molecule has 7 heteroatoms. The smallest absolute Gasteiger partial charge is 0.276 e. The largest absolute Gasteiger partial charge is 0.493 e. The highest BCUT2D eigenvalue weighted by molar-refractivity contribution is 6.03. The molecule has 1 aromatic carbocycles. The van der Waals surface area contributed by atoms with Gasteiger partial charge in [-0.25, -0.2) is 5.10 Å². The number of H-pyrrole nitrogens is 1. The van der Waals surface area contributed by atoms with Crippen LogP contribution in [0.3, 0.4) is 0 Å². The van der Waals surface area contributed by atoms with Gasteiger partial charge in [-0.1, -0.05) is 0 Å². The molecular formula is C14H15N3O4. The molecule has 0 saturated carbocycles. The topological polar surface area (TPSA) is 93.3 Å².